The molecule has 1 aliphatic heterocycles. The van der Waals surface area contributed by atoms with Crippen molar-refractivity contribution in [3.63, 3.8) is 0 Å². The van der Waals surface area contributed by atoms with Gasteiger partial charge in [0.25, 0.3) is 0 Å². The van der Waals surface area contributed by atoms with Gasteiger partial charge in [-0.15, -0.1) is 0 Å². The Morgan fingerprint density at radius 1 is 1.14 bits per heavy atom. The molecule has 1 aromatic heterocycles. The molecule has 0 radical (unpaired) electrons. The Labute approximate surface area is 167 Å². The highest BCUT2D eigenvalue weighted by Gasteiger charge is 2.34. The normalized spacial score (nSPS) is 18.2. The summed E-state index contributed by atoms with van der Waals surface area (Å²) in [5.74, 6) is 0.0745. The lowest BCUT2D eigenvalue weighted by Crippen LogP contribution is -2.49. The number of allylic oxidation sites excluding steroid dienone is 1. The average molecular weight is 404 g/mol. The van der Waals surface area contributed by atoms with Gasteiger partial charge in [0.05, 0.1) is 11.0 Å². The van der Waals surface area contributed by atoms with Gasteiger partial charge in [-0.2, -0.15) is 13.2 Å². The molecule has 0 bridgehead atoms. The molecule has 0 saturated carbocycles. The zero-order chi connectivity index (χ0) is 21.0. The molecule has 6 nitrogen and oxygen atoms in total. The van der Waals surface area contributed by atoms with Crippen LogP contribution < -0.4 is 0 Å². The van der Waals surface area contributed by atoms with Crippen LogP contribution in [0.3, 0.4) is 0 Å². The summed E-state index contributed by atoms with van der Waals surface area (Å²) in [5.41, 5.74) is 1.78. The molecular formula is C20H23F3N6. The molecule has 0 spiro atoms. The topological polar surface area (TPSA) is 57.0 Å². The summed E-state index contributed by atoms with van der Waals surface area (Å²) in [6.45, 7) is 7.76. The zero-order valence-corrected chi connectivity index (χ0v) is 16.4. The van der Waals surface area contributed by atoms with Crippen LogP contribution in [0.5, 0.6) is 0 Å². The Bertz CT molecular complexity index is 929. The molecule has 154 valence electrons. The Morgan fingerprint density at radius 3 is 2.38 bits per heavy atom. The van der Waals surface area contributed by atoms with E-state index >= 15 is 0 Å². The van der Waals surface area contributed by atoms with Crippen molar-refractivity contribution in [2.75, 3.05) is 33.2 Å². The first kappa shape index (κ1) is 20.9. The number of nitrogens with zero attached hydrogens (tertiary/aromatic N) is 6. The highest BCUT2D eigenvalue weighted by atomic mass is 19.4. The largest absolute Gasteiger partial charge is 0.433 e. The Hall–Kier alpha value is -2.81. The third-order valence-corrected chi connectivity index (χ3v) is 5.02. The Kier molecular flexibility index (Phi) is 6.26. The van der Waals surface area contributed by atoms with E-state index in [1.807, 2.05) is 18.2 Å². The van der Waals surface area contributed by atoms with Gasteiger partial charge in [-0.25, -0.2) is 4.99 Å². The lowest BCUT2D eigenvalue weighted by atomic mass is 10.1. The number of guanidine groups is 1. The first-order chi connectivity index (χ1) is 13.8. The fourth-order valence-corrected chi connectivity index (χ4v) is 3.35. The van der Waals surface area contributed by atoms with Crippen LogP contribution in [-0.4, -0.2) is 70.8 Å². The van der Waals surface area contributed by atoms with Crippen LogP contribution in [0.15, 0.2) is 53.2 Å². The molecule has 1 saturated heterocycles. The van der Waals surface area contributed by atoms with Gasteiger partial charge < -0.3 is 4.90 Å². The molecule has 0 amide bonds. The number of rotatable bonds is 3. The number of hydrogen-bond acceptors (Lipinski definition) is 4. The van der Waals surface area contributed by atoms with Crippen molar-refractivity contribution in [1.29, 1.82) is 0 Å². The number of aliphatic imine (C=N–C) groups is 2. The van der Waals surface area contributed by atoms with E-state index in [1.165, 1.54) is 7.05 Å². The van der Waals surface area contributed by atoms with Crippen molar-refractivity contribution < 1.29 is 13.2 Å². The van der Waals surface area contributed by atoms with Crippen molar-refractivity contribution in [2.24, 2.45) is 9.98 Å². The fourth-order valence-electron chi connectivity index (χ4n) is 3.35. The highest BCUT2D eigenvalue weighted by Crippen LogP contribution is 2.24. The molecule has 0 aliphatic carbocycles. The highest BCUT2D eigenvalue weighted by molar-refractivity contribution is 6.06. The van der Waals surface area contributed by atoms with E-state index in [0.29, 0.717) is 32.3 Å². The van der Waals surface area contributed by atoms with Crippen molar-refractivity contribution in [3.8, 4) is 0 Å². The minimum absolute atomic E-state index is 0.0745. The number of piperazine rings is 1. The van der Waals surface area contributed by atoms with Crippen LogP contribution >= 0.6 is 0 Å². The summed E-state index contributed by atoms with van der Waals surface area (Å²) in [6.07, 6.45) is -0.504. The van der Waals surface area contributed by atoms with E-state index in [4.69, 9.17) is 0 Å². The van der Waals surface area contributed by atoms with Crippen molar-refractivity contribution in [1.82, 2.24) is 19.8 Å². The molecule has 0 N–H and O–H groups in total. The minimum atomic E-state index is -4.55. The summed E-state index contributed by atoms with van der Waals surface area (Å²) in [6, 6.07) is 6.17. The number of hydrogen-bond donors (Lipinski definition) is 0. The van der Waals surface area contributed by atoms with E-state index < -0.39 is 11.9 Å². The fraction of sp³-hybridized carbons (Fsp3) is 0.400. The van der Waals surface area contributed by atoms with Crippen molar-refractivity contribution >= 4 is 22.7 Å². The van der Waals surface area contributed by atoms with Gasteiger partial charge in [0.2, 0.25) is 5.96 Å². The summed E-state index contributed by atoms with van der Waals surface area (Å²) < 4.78 is 38.9. The van der Waals surface area contributed by atoms with Crippen LogP contribution in [0.25, 0.3) is 11.0 Å². The van der Waals surface area contributed by atoms with Gasteiger partial charge in [0, 0.05) is 51.7 Å². The number of alkyl halides is 3. The molecule has 29 heavy (non-hydrogen) atoms. The van der Waals surface area contributed by atoms with E-state index in [2.05, 4.69) is 38.4 Å². The first-order valence-electron chi connectivity index (χ1n) is 9.28. The predicted octanol–water partition coefficient (Wildman–Crippen LogP) is 3.48. The third kappa shape index (κ3) is 4.79. The van der Waals surface area contributed by atoms with Gasteiger partial charge in [0.15, 0.2) is 0 Å². The molecule has 1 atom stereocenters. The molecule has 2 aromatic rings. The number of fused-ring (bicyclic) bond motifs is 1. The summed E-state index contributed by atoms with van der Waals surface area (Å²) in [4.78, 5) is 20.3. The van der Waals surface area contributed by atoms with Gasteiger partial charge >= 0.3 is 6.18 Å². The van der Waals surface area contributed by atoms with Gasteiger partial charge in [-0.05, 0) is 30.7 Å². The molecule has 1 unspecified atom stereocenters. The number of halogens is 3. The van der Waals surface area contributed by atoms with E-state index in [0.717, 1.165) is 16.6 Å². The first-order valence-corrected chi connectivity index (χ1v) is 9.28. The molecule has 2 heterocycles. The van der Waals surface area contributed by atoms with E-state index in [1.54, 1.807) is 17.3 Å². The van der Waals surface area contributed by atoms with Crippen molar-refractivity contribution in [3.05, 3.63) is 48.8 Å². The minimum Gasteiger partial charge on any atom is -0.339 e. The van der Waals surface area contributed by atoms with Gasteiger partial charge in [-0.3, -0.25) is 19.9 Å². The number of benzene rings is 1. The Balaban J connectivity index is 1.68. The maximum absolute atomic E-state index is 13.0. The lowest BCUT2D eigenvalue weighted by molar-refractivity contribution is -0.0576. The molecule has 9 heteroatoms. The summed E-state index contributed by atoms with van der Waals surface area (Å²) >= 11 is 0. The smallest absolute Gasteiger partial charge is 0.339 e. The second-order valence-corrected chi connectivity index (χ2v) is 6.73. The quantitative estimate of drug-likeness (QED) is 0.581. The Morgan fingerprint density at radius 2 is 1.79 bits per heavy atom. The van der Waals surface area contributed by atoms with Crippen LogP contribution in [0.2, 0.25) is 0 Å². The van der Waals surface area contributed by atoms with E-state index in [-0.39, 0.29) is 12.0 Å². The second-order valence-electron chi connectivity index (χ2n) is 6.73. The molecule has 1 aliphatic rings. The van der Waals surface area contributed by atoms with Crippen LogP contribution in [-0.2, 0) is 0 Å². The molecule has 1 fully saturated rings. The zero-order valence-electron chi connectivity index (χ0n) is 16.4. The number of aromatic nitrogens is 2. The summed E-state index contributed by atoms with van der Waals surface area (Å²) in [5, 5.41) is 0. The second kappa shape index (κ2) is 8.69. The predicted molar refractivity (Wildman–Crippen MR) is 108 cm³/mol. The maximum Gasteiger partial charge on any atom is 0.433 e. The standard InChI is InChI=1S/C20H23F3N6/c1-4-18(20(21,22)23)27-19(24-3)29-11-9-28(10-12-29)14(2)15-5-6-16-17(13-15)26-8-7-25-16/h4-8,13-14H,1,9-12H2,2-3H3. The molecule has 1 aromatic carbocycles. The lowest BCUT2D eigenvalue weighted by Gasteiger charge is -2.38. The van der Waals surface area contributed by atoms with Crippen molar-refractivity contribution in [2.45, 2.75) is 19.1 Å². The average Bonchev–Trinajstić information content (AvgIpc) is 2.73. The maximum atomic E-state index is 13.0. The van der Waals surface area contributed by atoms with Crippen LogP contribution in [0, 0.1) is 0 Å². The monoisotopic (exact) mass is 404 g/mol. The third-order valence-electron chi connectivity index (χ3n) is 5.02. The van der Waals surface area contributed by atoms with Gasteiger partial charge in [-0.1, -0.05) is 12.6 Å². The van der Waals surface area contributed by atoms with E-state index in [9.17, 15) is 13.2 Å². The van der Waals surface area contributed by atoms with Crippen LogP contribution in [0.1, 0.15) is 18.5 Å². The SMILES string of the molecule is C=CC(=NC(=NC)N1CCN(C(C)c2ccc3nccnc3c2)CC1)C(F)(F)F. The van der Waals surface area contributed by atoms with Crippen LogP contribution in [0.4, 0.5) is 13.2 Å². The van der Waals surface area contributed by atoms with Gasteiger partial charge in [0.1, 0.15) is 5.71 Å². The molecular weight excluding hydrogens is 381 g/mol. The summed E-state index contributed by atoms with van der Waals surface area (Å²) in [7, 11) is 1.45. The molecule has 3 rings (SSSR count).